The fourth-order valence-corrected chi connectivity index (χ4v) is 4.48. The van der Waals surface area contributed by atoms with Gasteiger partial charge in [0.15, 0.2) is 0 Å². The van der Waals surface area contributed by atoms with Crippen molar-refractivity contribution in [3.05, 3.63) is 59.7 Å². The van der Waals surface area contributed by atoms with Crippen molar-refractivity contribution in [2.45, 2.75) is 32.4 Å². The third kappa shape index (κ3) is 7.53. The Morgan fingerprint density at radius 2 is 1.86 bits per heavy atom. The number of benzene rings is 2. The molecule has 0 spiro atoms. The van der Waals surface area contributed by atoms with E-state index >= 15 is 0 Å². The van der Waals surface area contributed by atoms with Crippen LogP contribution in [-0.2, 0) is 20.7 Å². The van der Waals surface area contributed by atoms with Crippen LogP contribution in [0, 0.1) is 5.92 Å². The molecule has 3 atom stereocenters. The molecule has 0 aliphatic carbocycles. The van der Waals surface area contributed by atoms with Gasteiger partial charge >= 0.3 is 0 Å². The molecule has 196 valence electrons. The molecule has 0 unspecified atom stereocenters. The molecule has 0 bridgehead atoms. The van der Waals surface area contributed by atoms with Crippen LogP contribution in [0.15, 0.2) is 48.5 Å². The highest BCUT2D eigenvalue weighted by atomic mass is 16.5. The first-order chi connectivity index (χ1) is 17.3. The summed E-state index contributed by atoms with van der Waals surface area (Å²) in [5.74, 6) is 0.231. The molecule has 0 aromatic heterocycles. The lowest BCUT2D eigenvalue weighted by Gasteiger charge is -2.36. The summed E-state index contributed by atoms with van der Waals surface area (Å²) in [6.07, 6.45) is 0.821. The molecule has 1 aliphatic rings. The van der Waals surface area contributed by atoms with Crippen LogP contribution in [0.5, 0.6) is 5.75 Å². The van der Waals surface area contributed by atoms with Crippen molar-refractivity contribution in [2.24, 2.45) is 5.92 Å². The Hall–Kier alpha value is -2.94. The van der Waals surface area contributed by atoms with Crippen molar-refractivity contribution in [2.75, 3.05) is 59.4 Å². The Labute approximate surface area is 214 Å². The van der Waals surface area contributed by atoms with Crippen LogP contribution in [0.2, 0.25) is 0 Å². The molecule has 0 radical (unpaired) electrons. The van der Waals surface area contributed by atoms with Gasteiger partial charge in [0.25, 0.3) is 5.91 Å². The average Bonchev–Trinajstić information content (AvgIpc) is 2.87. The zero-order valence-corrected chi connectivity index (χ0v) is 22.0. The van der Waals surface area contributed by atoms with E-state index in [1.54, 1.807) is 37.3 Å². The van der Waals surface area contributed by atoms with E-state index in [1.807, 2.05) is 6.07 Å². The zero-order chi connectivity index (χ0) is 26.1. The highest BCUT2D eigenvalue weighted by Gasteiger charge is 2.28. The third-order valence-electron chi connectivity index (χ3n) is 6.67. The van der Waals surface area contributed by atoms with E-state index in [2.05, 4.69) is 48.3 Å². The number of carbonyl (C=O) groups is 2. The van der Waals surface area contributed by atoms with Crippen molar-refractivity contribution in [1.29, 1.82) is 0 Å². The van der Waals surface area contributed by atoms with Crippen molar-refractivity contribution >= 4 is 17.5 Å². The monoisotopic (exact) mass is 497 g/mol. The summed E-state index contributed by atoms with van der Waals surface area (Å²) >= 11 is 0. The molecule has 0 saturated heterocycles. The van der Waals surface area contributed by atoms with E-state index < -0.39 is 0 Å². The summed E-state index contributed by atoms with van der Waals surface area (Å²) in [7, 11) is 4.95. The lowest BCUT2D eigenvalue weighted by molar-refractivity contribution is -0.119. The standard InChI is InChI=1S/C28H39N3O5/c1-20-16-31(14-13-22-9-7-6-8-10-22)21(2)18-36-25-15-23(29-27(32)19-34-4)11-12-24(25)28(33)30(3)17-26(20)35-5/h6-12,15,20-21,26H,13-14,16-19H2,1-5H3,(H,29,32)/t20-,21-,26-/m1/s1. The maximum Gasteiger partial charge on any atom is 0.257 e. The van der Waals surface area contributed by atoms with Gasteiger partial charge in [0.1, 0.15) is 19.0 Å². The first kappa shape index (κ1) is 27.6. The van der Waals surface area contributed by atoms with Gasteiger partial charge in [-0.05, 0) is 37.0 Å². The number of fused-ring (bicyclic) bond motifs is 1. The minimum Gasteiger partial charge on any atom is -0.491 e. The van der Waals surface area contributed by atoms with Gasteiger partial charge in [-0.2, -0.15) is 0 Å². The Morgan fingerprint density at radius 3 is 2.56 bits per heavy atom. The van der Waals surface area contributed by atoms with E-state index in [9.17, 15) is 9.59 Å². The summed E-state index contributed by atoms with van der Waals surface area (Å²) in [4.78, 5) is 29.5. The fraction of sp³-hybridized carbons (Fsp3) is 0.500. The summed E-state index contributed by atoms with van der Waals surface area (Å²) in [5, 5.41) is 2.79. The number of nitrogens with zero attached hydrogens (tertiary/aromatic N) is 2. The SMILES string of the molecule is COCC(=O)Nc1ccc2c(c1)OC[C@@H](C)N(CCc1ccccc1)C[C@@H](C)[C@H](OC)CN(C)C2=O. The normalized spacial score (nSPS) is 21.6. The van der Waals surface area contributed by atoms with Gasteiger partial charge in [0, 0.05) is 58.7 Å². The second-order valence-corrected chi connectivity index (χ2v) is 9.52. The van der Waals surface area contributed by atoms with E-state index in [4.69, 9.17) is 14.2 Å². The number of ether oxygens (including phenoxy) is 3. The van der Waals surface area contributed by atoms with Crippen LogP contribution in [0.25, 0.3) is 0 Å². The highest BCUT2D eigenvalue weighted by molar-refractivity contribution is 5.98. The molecule has 0 fully saturated rings. The molecule has 36 heavy (non-hydrogen) atoms. The Morgan fingerprint density at radius 1 is 1.11 bits per heavy atom. The summed E-state index contributed by atoms with van der Waals surface area (Å²) < 4.78 is 17.0. The number of likely N-dealkylation sites (N-methyl/N-ethyl adjacent to an activating group) is 1. The largest absolute Gasteiger partial charge is 0.491 e. The second kappa shape index (κ2) is 13.4. The molecule has 2 amide bonds. The van der Waals surface area contributed by atoms with Crippen molar-refractivity contribution in [3.63, 3.8) is 0 Å². The summed E-state index contributed by atoms with van der Waals surface area (Å²) in [5.41, 5.74) is 2.29. The van der Waals surface area contributed by atoms with Gasteiger partial charge in [-0.25, -0.2) is 0 Å². The predicted octanol–water partition coefficient (Wildman–Crippen LogP) is 3.32. The fourth-order valence-electron chi connectivity index (χ4n) is 4.48. The van der Waals surface area contributed by atoms with Gasteiger partial charge in [-0.3, -0.25) is 14.5 Å². The van der Waals surface area contributed by atoms with Gasteiger partial charge in [0.05, 0.1) is 11.7 Å². The first-order valence-corrected chi connectivity index (χ1v) is 12.4. The topological polar surface area (TPSA) is 80.3 Å². The number of nitrogens with one attached hydrogen (secondary N) is 1. The van der Waals surface area contributed by atoms with Crippen LogP contribution in [0.1, 0.15) is 29.8 Å². The molecule has 8 nitrogen and oxygen atoms in total. The number of amides is 2. The number of rotatable bonds is 7. The summed E-state index contributed by atoms with van der Waals surface area (Å²) in [6, 6.07) is 15.7. The first-order valence-electron chi connectivity index (χ1n) is 12.4. The Balaban J connectivity index is 1.87. The van der Waals surface area contributed by atoms with Gasteiger partial charge < -0.3 is 24.4 Å². The van der Waals surface area contributed by atoms with Crippen molar-refractivity contribution in [3.8, 4) is 5.75 Å². The predicted molar refractivity (Wildman–Crippen MR) is 141 cm³/mol. The third-order valence-corrected chi connectivity index (χ3v) is 6.67. The number of anilines is 1. The number of methoxy groups -OCH3 is 2. The van der Waals surface area contributed by atoms with E-state index in [0.29, 0.717) is 30.2 Å². The molecular formula is C28H39N3O5. The summed E-state index contributed by atoms with van der Waals surface area (Å²) in [6.45, 7) is 6.82. The quantitative estimate of drug-likeness (QED) is 0.632. The lowest BCUT2D eigenvalue weighted by Crippen LogP contribution is -2.47. The maximum absolute atomic E-state index is 13.3. The van der Waals surface area contributed by atoms with Gasteiger partial charge in [-0.15, -0.1) is 0 Å². The van der Waals surface area contributed by atoms with Crippen LogP contribution in [0.3, 0.4) is 0 Å². The van der Waals surface area contributed by atoms with Gasteiger partial charge in [0.2, 0.25) is 5.91 Å². The second-order valence-electron chi connectivity index (χ2n) is 9.52. The molecule has 8 heteroatoms. The maximum atomic E-state index is 13.3. The van der Waals surface area contributed by atoms with Crippen LogP contribution >= 0.6 is 0 Å². The lowest BCUT2D eigenvalue weighted by atomic mass is 10.0. The number of hydrogen-bond donors (Lipinski definition) is 1. The molecule has 2 aromatic carbocycles. The molecule has 3 rings (SSSR count). The number of hydrogen-bond acceptors (Lipinski definition) is 6. The Kier molecular flexibility index (Phi) is 10.3. The van der Waals surface area contributed by atoms with E-state index in [-0.39, 0.29) is 36.5 Å². The average molecular weight is 498 g/mol. The van der Waals surface area contributed by atoms with Crippen LogP contribution in [0.4, 0.5) is 5.69 Å². The highest BCUT2D eigenvalue weighted by Crippen LogP contribution is 2.27. The van der Waals surface area contributed by atoms with Crippen molar-refractivity contribution in [1.82, 2.24) is 9.80 Å². The number of carbonyl (C=O) groups excluding carboxylic acids is 2. The molecule has 1 aliphatic heterocycles. The Bertz CT molecular complexity index is 1000. The minimum absolute atomic E-state index is 0.0520. The minimum atomic E-state index is -0.272. The van der Waals surface area contributed by atoms with Crippen LogP contribution in [-0.4, -0.2) is 87.9 Å². The van der Waals surface area contributed by atoms with Crippen molar-refractivity contribution < 1.29 is 23.8 Å². The van der Waals surface area contributed by atoms with Gasteiger partial charge in [-0.1, -0.05) is 37.3 Å². The molecule has 2 aromatic rings. The molecule has 1 N–H and O–H groups in total. The zero-order valence-electron chi connectivity index (χ0n) is 22.0. The van der Waals surface area contributed by atoms with Crippen LogP contribution < -0.4 is 10.1 Å². The molecular weight excluding hydrogens is 458 g/mol. The smallest absolute Gasteiger partial charge is 0.257 e. The molecule has 1 heterocycles. The van der Waals surface area contributed by atoms with E-state index in [0.717, 1.165) is 19.5 Å². The molecule has 0 saturated carbocycles. The van der Waals surface area contributed by atoms with E-state index in [1.165, 1.54) is 12.7 Å².